The van der Waals surface area contributed by atoms with Crippen molar-refractivity contribution in [2.75, 3.05) is 5.73 Å². The van der Waals surface area contributed by atoms with Crippen molar-refractivity contribution in [2.45, 2.75) is 12.7 Å². The highest BCUT2D eigenvalue weighted by molar-refractivity contribution is 5.79. The van der Waals surface area contributed by atoms with Crippen LogP contribution in [0.5, 0.6) is 0 Å². The summed E-state index contributed by atoms with van der Waals surface area (Å²) in [7, 11) is 0. The van der Waals surface area contributed by atoms with Crippen molar-refractivity contribution in [1.82, 2.24) is 9.55 Å². The lowest BCUT2D eigenvalue weighted by atomic mass is 10.3. The van der Waals surface area contributed by atoms with Crippen LogP contribution in [-0.2, 0) is 12.7 Å². The molecular formula is C13H10F3N3O. The smallest absolute Gasteiger partial charge is 0.449 e. The molecule has 0 radical (unpaired) electrons. The van der Waals surface area contributed by atoms with Gasteiger partial charge in [-0.1, -0.05) is 0 Å². The summed E-state index contributed by atoms with van der Waals surface area (Å²) in [5.41, 5.74) is 6.52. The van der Waals surface area contributed by atoms with Gasteiger partial charge in [-0.25, -0.2) is 4.98 Å². The minimum Gasteiger partial charge on any atom is -0.467 e. The molecule has 0 atom stereocenters. The van der Waals surface area contributed by atoms with Crippen LogP contribution in [0.3, 0.4) is 0 Å². The maximum absolute atomic E-state index is 13.1. The summed E-state index contributed by atoms with van der Waals surface area (Å²) in [4.78, 5) is 3.64. The van der Waals surface area contributed by atoms with Crippen molar-refractivity contribution in [3.8, 4) is 0 Å². The number of nitrogens with zero attached hydrogens (tertiary/aromatic N) is 2. The van der Waals surface area contributed by atoms with Crippen LogP contribution in [0.2, 0.25) is 0 Å². The molecule has 0 bridgehead atoms. The Kier molecular flexibility index (Phi) is 2.70. The second kappa shape index (κ2) is 4.29. The maximum Gasteiger partial charge on any atom is 0.449 e. The number of benzene rings is 1. The number of nitrogen functional groups attached to an aromatic ring is 1. The van der Waals surface area contributed by atoms with Crippen molar-refractivity contribution in [3.05, 3.63) is 48.2 Å². The average Bonchev–Trinajstić information content (AvgIpc) is 2.97. The molecule has 4 nitrogen and oxygen atoms in total. The first kappa shape index (κ1) is 12.6. The van der Waals surface area contributed by atoms with Gasteiger partial charge in [0.05, 0.1) is 23.8 Å². The molecule has 0 aliphatic rings. The summed E-state index contributed by atoms with van der Waals surface area (Å²) in [6.45, 7) is -0.0394. The molecule has 3 aromatic rings. The van der Waals surface area contributed by atoms with Crippen molar-refractivity contribution >= 4 is 16.7 Å². The summed E-state index contributed by atoms with van der Waals surface area (Å²) in [6, 6.07) is 7.73. The van der Waals surface area contributed by atoms with Crippen LogP contribution >= 0.6 is 0 Å². The van der Waals surface area contributed by atoms with Gasteiger partial charge in [0.2, 0.25) is 5.82 Å². The van der Waals surface area contributed by atoms with E-state index in [9.17, 15) is 13.2 Å². The second-order valence-electron chi connectivity index (χ2n) is 4.35. The van der Waals surface area contributed by atoms with Crippen molar-refractivity contribution in [3.63, 3.8) is 0 Å². The van der Waals surface area contributed by atoms with Gasteiger partial charge < -0.3 is 14.7 Å². The number of nitrogens with two attached hydrogens (primary N) is 1. The molecule has 1 aromatic carbocycles. The number of aromatic nitrogens is 2. The normalized spacial score (nSPS) is 12.2. The minimum absolute atomic E-state index is 0.0394. The van der Waals surface area contributed by atoms with Gasteiger partial charge in [0.15, 0.2) is 0 Å². The van der Waals surface area contributed by atoms with Crippen molar-refractivity contribution in [2.24, 2.45) is 0 Å². The van der Waals surface area contributed by atoms with Gasteiger partial charge in [-0.2, -0.15) is 13.2 Å². The van der Waals surface area contributed by atoms with E-state index in [1.54, 1.807) is 18.2 Å². The lowest BCUT2D eigenvalue weighted by molar-refractivity contribution is -0.146. The van der Waals surface area contributed by atoms with Crippen LogP contribution in [0.15, 0.2) is 41.0 Å². The highest BCUT2D eigenvalue weighted by atomic mass is 19.4. The first-order valence-electron chi connectivity index (χ1n) is 5.80. The molecule has 2 aromatic heterocycles. The predicted octanol–water partition coefficient (Wildman–Crippen LogP) is 3.28. The Morgan fingerprint density at radius 1 is 1.25 bits per heavy atom. The van der Waals surface area contributed by atoms with E-state index in [0.717, 1.165) is 4.57 Å². The van der Waals surface area contributed by atoms with Gasteiger partial charge in [0, 0.05) is 5.69 Å². The number of hydrogen-bond donors (Lipinski definition) is 1. The Labute approximate surface area is 111 Å². The first-order valence-corrected chi connectivity index (χ1v) is 5.80. The fraction of sp³-hybridized carbons (Fsp3) is 0.154. The van der Waals surface area contributed by atoms with Gasteiger partial charge in [0.25, 0.3) is 0 Å². The third-order valence-electron chi connectivity index (χ3n) is 2.92. The molecular weight excluding hydrogens is 271 g/mol. The van der Waals surface area contributed by atoms with Crippen LogP contribution in [0.25, 0.3) is 11.0 Å². The Morgan fingerprint density at radius 2 is 2.05 bits per heavy atom. The SMILES string of the molecule is Nc1ccc2c(c1)nc(C(F)(F)F)n2Cc1ccco1. The van der Waals surface area contributed by atoms with Gasteiger partial charge in [-0.05, 0) is 30.3 Å². The number of imidazole rings is 1. The molecule has 0 saturated carbocycles. The Balaban J connectivity index is 2.20. The Morgan fingerprint density at radius 3 is 2.70 bits per heavy atom. The number of rotatable bonds is 2. The number of halogens is 3. The Hall–Kier alpha value is -2.44. The third kappa shape index (κ3) is 2.11. The van der Waals surface area contributed by atoms with Crippen molar-refractivity contribution in [1.29, 1.82) is 0 Å². The maximum atomic E-state index is 13.1. The van der Waals surface area contributed by atoms with Crippen LogP contribution in [0.1, 0.15) is 11.6 Å². The summed E-state index contributed by atoms with van der Waals surface area (Å²) >= 11 is 0. The number of hydrogen-bond acceptors (Lipinski definition) is 3. The van der Waals surface area contributed by atoms with Gasteiger partial charge in [0.1, 0.15) is 5.76 Å². The van der Waals surface area contributed by atoms with Gasteiger partial charge >= 0.3 is 6.18 Å². The van der Waals surface area contributed by atoms with E-state index in [-0.39, 0.29) is 12.1 Å². The van der Waals surface area contributed by atoms with E-state index in [1.807, 2.05) is 0 Å². The average molecular weight is 281 g/mol. The van der Waals surface area contributed by atoms with E-state index < -0.39 is 12.0 Å². The summed E-state index contributed by atoms with van der Waals surface area (Å²) in [5, 5.41) is 0. The zero-order valence-electron chi connectivity index (χ0n) is 10.2. The van der Waals surface area contributed by atoms with Crippen LogP contribution < -0.4 is 5.73 Å². The molecule has 0 aliphatic carbocycles. The first-order chi connectivity index (χ1) is 9.45. The summed E-state index contributed by atoms with van der Waals surface area (Å²) in [5.74, 6) is -0.541. The van der Waals surface area contributed by atoms with E-state index in [4.69, 9.17) is 10.2 Å². The molecule has 0 amide bonds. The number of anilines is 1. The second-order valence-corrected chi connectivity index (χ2v) is 4.35. The topological polar surface area (TPSA) is 57.0 Å². The molecule has 0 saturated heterocycles. The molecule has 7 heteroatoms. The Bertz CT molecular complexity index is 744. The zero-order chi connectivity index (χ0) is 14.3. The predicted molar refractivity (Wildman–Crippen MR) is 67.0 cm³/mol. The summed E-state index contributed by atoms with van der Waals surface area (Å²) < 4.78 is 45.4. The molecule has 0 unspecified atom stereocenters. The van der Waals surface area contributed by atoms with Gasteiger partial charge in [-0.15, -0.1) is 0 Å². The quantitative estimate of drug-likeness (QED) is 0.733. The highest BCUT2D eigenvalue weighted by Crippen LogP contribution is 2.32. The zero-order valence-corrected chi connectivity index (χ0v) is 10.2. The van der Waals surface area contributed by atoms with E-state index in [0.29, 0.717) is 17.0 Å². The molecule has 2 heterocycles. The summed E-state index contributed by atoms with van der Waals surface area (Å²) in [6.07, 6.45) is -3.12. The van der Waals surface area contributed by atoms with Gasteiger partial charge in [-0.3, -0.25) is 0 Å². The molecule has 0 fully saturated rings. The molecule has 0 spiro atoms. The lowest BCUT2D eigenvalue weighted by Crippen LogP contribution is -2.15. The van der Waals surface area contributed by atoms with Crippen molar-refractivity contribution < 1.29 is 17.6 Å². The van der Waals surface area contributed by atoms with Crippen LogP contribution in [0.4, 0.5) is 18.9 Å². The highest BCUT2D eigenvalue weighted by Gasteiger charge is 2.37. The molecule has 2 N–H and O–H groups in total. The molecule has 0 aliphatic heterocycles. The fourth-order valence-electron chi connectivity index (χ4n) is 2.08. The monoisotopic (exact) mass is 281 g/mol. The van der Waals surface area contributed by atoms with E-state index >= 15 is 0 Å². The van der Waals surface area contributed by atoms with E-state index in [1.165, 1.54) is 18.4 Å². The third-order valence-corrected chi connectivity index (χ3v) is 2.92. The number of alkyl halides is 3. The lowest BCUT2D eigenvalue weighted by Gasteiger charge is -2.09. The van der Waals surface area contributed by atoms with E-state index in [2.05, 4.69) is 4.98 Å². The number of fused-ring (bicyclic) bond motifs is 1. The van der Waals surface area contributed by atoms with Crippen LogP contribution in [0, 0.1) is 0 Å². The molecule has 20 heavy (non-hydrogen) atoms. The number of furan rings is 1. The molecule has 104 valence electrons. The standard InChI is InChI=1S/C13H10F3N3O/c14-13(15,16)12-18-10-6-8(17)3-4-11(10)19(12)7-9-2-1-5-20-9/h1-6H,7,17H2. The fourth-order valence-corrected chi connectivity index (χ4v) is 2.08. The largest absolute Gasteiger partial charge is 0.467 e. The molecule has 3 rings (SSSR count). The minimum atomic E-state index is -4.54. The van der Waals surface area contributed by atoms with Crippen LogP contribution in [-0.4, -0.2) is 9.55 Å².